The minimum atomic E-state index is -0.172. The molecule has 1 nitrogen and oxygen atoms in total. The van der Waals surface area contributed by atoms with Gasteiger partial charge < -0.3 is 5.32 Å². The Kier molecular flexibility index (Phi) is 4.86. The van der Waals surface area contributed by atoms with Crippen LogP contribution in [0.5, 0.6) is 0 Å². The van der Waals surface area contributed by atoms with Gasteiger partial charge >= 0.3 is 0 Å². The van der Waals surface area contributed by atoms with Gasteiger partial charge in [0, 0.05) is 16.6 Å². The highest BCUT2D eigenvalue weighted by molar-refractivity contribution is 7.98. The summed E-state index contributed by atoms with van der Waals surface area (Å²) in [5.74, 6) is -0.172. The normalized spacial score (nSPS) is 12.2. The maximum atomic E-state index is 13.1. The van der Waals surface area contributed by atoms with Crippen LogP contribution in [0.3, 0.4) is 0 Å². The Balaban J connectivity index is 2.03. The summed E-state index contributed by atoms with van der Waals surface area (Å²) in [4.78, 5) is 1.23. The fourth-order valence-corrected chi connectivity index (χ4v) is 2.66. The van der Waals surface area contributed by atoms with Gasteiger partial charge in [-0.05, 0) is 49.4 Å². The highest BCUT2D eigenvalue weighted by Crippen LogP contribution is 2.25. The zero-order valence-corrected chi connectivity index (χ0v) is 12.0. The van der Waals surface area contributed by atoms with Gasteiger partial charge in [0.15, 0.2) is 0 Å². The van der Waals surface area contributed by atoms with Crippen LogP contribution in [0.25, 0.3) is 0 Å². The maximum absolute atomic E-state index is 13.1. The van der Waals surface area contributed by atoms with Crippen molar-refractivity contribution in [3.8, 4) is 0 Å². The van der Waals surface area contributed by atoms with E-state index in [9.17, 15) is 4.39 Å². The van der Waals surface area contributed by atoms with Crippen LogP contribution in [0.4, 0.5) is 10.1 Å². The van der Waals surface area contributed by atoms with Crippen molar-refractivity contribution in [2.45, 2.75) is 24.3 Å². The van der Waals surface area contributed by atoms with Crippen LogP contribution < -0.4 is 5.32 Å². The van der Waals surface area contributed by atoms with E-state index in [1.54, 1.807) is 23.9 Å². The molecule has 2 aromatic carbocycles. The van der Waals surface area contributed by atoms with Gasteiger partial charge in [0.2, 0.25) is 0 Å². The zero-order chi connectivity index (χ0) is 13.7. The molecule has 1 unspecified atom stereocenters. The molecule has 1 atom stereocenters. The number of hydrogen-bond acceptors (Lipinski definition) is 2. The van der Waals surface area contributed by atoms with Gasteiger partial charge in [-0.2, -0.15) is 0 Å². The number of hydrogen-bond donors (Lipinski definition) is 1. The second kappa shape index (κ2) is 6.62. The molecule has 1 N–H and O–H groups in total. The lowest BCUT2D eigenvalue weighted by Gasteiger charge is -2.17. The largest absolute Gasteiger partial charge is 0.381 e. The lowest BCUT2D eigenvalue weighted by Crippen LogP contribution is -2.18. The second-order valence-corrected chi connectivity index (χ2v) is 5.43. The van der Waals surface area contributed by atoms with Crippen LogP contribution in [0.1, 0.15) is 12.5 Å². The number of rotatable bonds is 5. The predicted octanol–water partition coefficient (Wildman–Crippen LogP) is 4.59. The van der Waals surface area contributed by atoms with Crippen molar-refractivity contribution in [3.05, 3.63) is 59.9 Å². The van der Waals surface area contributed by atoms with E-state index in [0.29, 0.717) is 0 Å². The van der Waals surface area contributed by atoms with Crippen molar-refractivity contribution < 1.29 is 4.39 Å². The molecule has 19 heavy (non-hydrogen) atoms. The summed E-state index contributed by atoms with van der Waals surface area (Å²) in [6.07, 6.45) is 2.87. The van der Waals surface area contributed by atoms with Gasteiger partial charge in [0.1, 0.15) is 5.82 Å². The van der Waals surface area contributed by atoms with Gasteiger partial charge in [-0.25, -0.2) is 4.39 Å². The topological polar surface area (TPSA) is 12.0 Å². The summed E-state index contributed by atoms with van der Waals surface area (Å²) in [5.41, 5.74) is 2.15. The summed E-state index contributed by atoms with van der Waals surface area (Å²) < 4.78 is 13.1. The van der Waals surface area contributed by atoms with Gasteiger partial charge in [-0.3, -0.25) is 0 Å². The van der Waals surface area contributed by atoms with Gasteiger partial charge in [-0.15, -0.1) is 11.8 Å². The summed E-state index contributed by atoms with van der Waals surface area (Å²) in [6, 6.07) is 15.3. The zero-order valence-electron chi connectivity index (χ0n) is 11.2. The Morgan fingerprint density at radius 3 is 2.68 bits per heavy atom. The minimum Gasteiger partial charge on any atom is -0.381 e. The average Bonchev–Trinajstić information content (AvgIpc) is 2.39. The number of benzene rings is 2. The average molecular weight is 275 g/mol. The fraction of sp³-hybridized carbons (Fsp3) is 0.250. The Hall–Kier alpha value is -1.48. The monoisotopic (exact) mass is 275 g/mol. The van der Waals surface area contributed by atoms with Crippen molar-refractivity contribution in [2.24, 2.45) is 0 Å². The first-order valence-electron chi connectivity index (χ1n) is 6.33. The van der Waals surface area contributed by atoms with E-state index in [0.717, 1.165) is 17.7 Å². The second-order valence-electron chi connectivity index (χ2n) is 4.58. The van der Waals surface area contributed by atoms with Crippen LogP contribution in [-0.4, -0.2) is 12.3 Å². The van der Waals surface area contributed by atoms with Crippen molar-refractivity contribution >= 4 is 17.4 Å². The summed E-state index contributed by atoms with van der Waals surface area (Å²) in [5, 5.41) is 3.49. The molecule has 2 rings (SSSR count). The highest BCUT2D eigenvalue weighted by atomic mass is 32.2. The van der Waals surface area contributed by atoms with E-state index < -0.39 is 0 Å². The number of anilines is 1. The van der Waals surface area contributed by atoms with Crippen LogP contribution >= 0.6 is 11.8 Å². The smallest absolute Gasteiger partial charge is 0.123 e. The first kappa shape index (κ1) is 13.9. The van der Waals surface area contributed by atoms with Gasteiger partial charge in [-0.1, -0.05) is 24.3 Å². The quantitative estimate of drug-likeness (QED) is 0.801. The van der Waals surface area contributed by atoms with Crippen molar-refractivity contribution in [1.29, 1.82) is 0 Å². The van der Waals surface area contributed by atoms with Crippen molar-refractivity contribution in [2.75, 3.05) is 11.6 Å². The molecule has 0 aliphatic rings. The molecule has 0 spiro atoms. The molecule has 3 heteroatoms. The van der Waals surface area contributed by atoms with Crippen LogP contribution in [0.15, 0.2) is 53.4 Å². The van der Waals surface area contributed by atoms with E-state index in [1.807, 2.05) is 18.2 Å². The minimum absolute atomic E-state index is 0.172. The number of thioether (sulfide) groups is 1. The third kappa shape index (κ3) is 4.00. The first-order valence-corrected chi connectivity index (χ1v) is 7.55. The predicted molar refractivity (Wildman–Crippen MR) is 81.4 cm³/mol. The van der Waals surface area contributed by atoms with Crippen LogP contribution in [0, 0.1) is 5.82 Å². The van der Waals surface area contributed by atoms with E-state index in [-0.39, 0.29) is 11.9 Å². The lowest BCUT2D eigenvalue weighted by atomic mass is 10.1. The van der Waals surface area contributed by atoms with E-state index in [1.165, 1.54) is 11.0 Å². The molecular weight excluding hydrogens is 257 g/mol. The molecule has 0 fully saturated rings. The molecule has 0 aromatic heterocycles. The van der Waals surface area contributed by atoms with Gasteiger partial charge in [0.25, 0.3) is 0 Å². The Bertz CT molecular complexity index is 542. The Morgan fingerprint density at radius 2 is 1.95 bits per heavy atom. The summed E-state index contributed by atoms with van der Waals surface area (Å²) in [6.45, 7) is 2.11. The van der Waals surface area contributed by atoms with Gasteiger partial charge in [0.05, 0.1) is 0 Å². The van der Waals surface area contributed by atoms with E-state index >= 15 is 0 Å². The molecule has 0 aliphatic carbocycles. The van der Waals surface area contributed by atoms with Crippen LogP contribution in [-0.2, 0) is 6.42 Å². The first-order chi connectivity index (χ1) is 9.19. The van der Waals surface area contributed by atoms with Crippen LogP contribution in [0.2, 0.25) is 0 Å². The SMILES string of the molecule is CSc1ccccc1NC(C)Cc1cccc(F)c1. The van der Waals surface area contributed by atoms with Crippen molar-refractivity contribution in [3.63, 3.8) is 0 Å². The van der Waals surface area contributed by atoms with E-state index in [2.05, 4.69) is 30.6 Å². The maximum Gasteiger partial charge on any atom is 0.123 e. The molecule has 0 aliphatic heterocycles. The summed E-state index contributed by atoms with van der Waals surface area (Å²) in [7, 11) is 0. The number of para-hydroxylation sites is 1. The Labute approximate surface area is 118 Å². The third-order valence-electron chi connectivity index (χ3n) is 2.94. The van der Waals surface area contributed by atoms with E-state index in [4.69, 9.17) is 0 Å². The standard InChI is InChI=1S/C16H18FNS/c1-12(10-13-6-5-7-14(17)11-13)18-15-8-3-4-9-16(15)19-2/h3-9,11-12,18H,10H2,1-2H3. The highest BCUT2D eigenvalue weighted by Gasteiger charge is 2.07. The fourth-order valence-electron chi connectivity index (χ4n) is 2.10. The molecule has 0 amide bonds. The summed E-state index contributed by atoms with van der Waals surface area (Å²) >= 11 is 1.72. The number of halogens is 1. The number of nitrogens with one attached hydrogen (secondary N) is 1. The lowest BCUT2D eigenvalue weighted by molar-refractivity contribution is 0.624. The molecule has 2 aromatic rings. The third-order valence-corrected chi connectivity index (χ3v) is 3.74. The van der Waals surface area contributed by atoms with Crippen molar-refractivity contribution in [1.82, 2.24) is 0 Å². The molecule has 0 saturated carbocycles. The molecule has 100 valence electrons. The molecule has 0 radical (unpaired) electrons. The molecule has 0 saturated heterocycles. The molecule has 0 heterocycles. The molecular formula is C16H18FNS. The Morgan fingerprint density at radius 1 is 1.16 bits per heavy atom. The molecule has 0 bridgehead atoms.